The highest BCUT2D eigenvalue weighted by Gasteiger charge is 2.15. The Morgan fingerprint density at radius 2 is 1.91 bits per heavy atom. The van der Waals surface area contributed by atoms with E-state index < -0.39 is 0 Å². The number of rotatable bonds is 3. The number of para-hydroxylation sites is 2. The van der Waals surface area contributed by atoms with Crippen LogP contribution in [-0.2, 0) is 0 Å². The monoisotopic (exact) mass is 326 g/mol. The molecule has 0 spiro atoms. The van der Waals surface area contributed by atoms with Crippen molar-refractivity contribution < 1.29 is 4.79 Å². The fraction of sp³-hybridized carbons (Fsp3) is 0.235. The molecule has 3 rings (SSSR count). The van der Waals surface area contributed by atoms with Gasteiger partial charge >= 0.3 is 0 Å². The topological polar surface area (TPSA) is 59.8 Å². The van der Waals surface area contributed by atoms with E-state index in [4.69, 9.17) is 0 Å². The van der Waals surface area contributed by atoms with Crippen LogP contribution in [0.5, 0.6) is 0 Å². The van der Waals surface area contributed by atoms with Crippen molar-refractivity contribution in [1.29, 1.82) is 0 Å². The molecule has 2 aromatic heterocycles. The summed E-state index contributed by atoms with van der Waals surface area (Å²) in [4.78, 5) is 18.7. The van der Waals surface area contributed by atoms with Crippen molar-refractivity contribution in [3.05, 3.63) is 57.3 Å². The van der Waals surface area contributed by atoms with Crippen LogP contribution in [0.25, 0.3) is 5.69 Å². The zero-order valence-electron chi connectivity index (χ0n) is 13.5. The van der Waals surface area contributed by atoms with Crippen LogP contribution < -0.4 is 5.32 Å². The molecule has 3 aromatic rings. The zero-order valence-corrected chi connectivity index (χ0v) is 14.4. The van der Waals surface area contributed by atoms with Crippen molar-refractivity contribution in [2.24, 2.45) is 0 Å². The SMILES string of the molecule is Cc1nc(C)n(-c2ccccc2NC(=O)c2cc(C)c(C)s2)n1. The van der Waals surface area contributed by atoms with Crippen LogP contribution in [-0.4, -0.2) is 20.7 Å². The number of benzene rings is 1. The third-order valence-corrected chi connectivity index (χ3v) is 4.80. The first-order valence-corrected chi connectivity index (χ1v) is 8.15. The van der Waals surface area contributed by atoms with E-state index in [9.17, 15) is 4.79 Å². The molecule has 23 heavy (non-hydrogen) atoms. The number of hydrogen-bond acceptors (Lipinski definition) is 4. The normalized spacial score (nSPS) is 10.8. The molecular formula is C17H18N4OS. The molecule has 6 heteroatoms. The van der Waals surface area contributed by atoms with Crippen LogP contribution in [0, 0.1) is 27.7 Å². The quantitative estimate of drug-likeness (QED) is 0.796. The van der Waals surface area contributed by atoms with Gasteiger partial charge in [0.2, 0.25) is 0 Å². The van der Waals surface area contributed by atoms with Crippen LogP contribution in [0.3, 0.4) is 0 Å². The maximum absolute atomic E-state index is 12.5. The van der Waals surface area contributed by atoms with Gasteiger partial charge in [0.15, 0.2) is 0 Å². The van der Waals surface area contributed by atoms with Gasteiger partial charge in [0.25, 0.3) is 5.91 Å². The fourth-order valence-corrected chi connectivity index (χ4v) is 3.31. The second kappa shape index (κ2) is 5.96. The molecule has 5 nitrogen and oxygen atoms in total. The minimum Gasteiger partial charge on any atom is -0.319 e. The molecule has 2 heterocycles. The van der Waals surface area contributed by atoms with E-state index in [0.717, 1.165) is 22.0 Å². The summed E-state index contributed by atoms with van der Waals surface area (Å²) >= 11 is 1.50. The number of aryl methyl sites for hydroxylation is 4. The number of thiophene rings is 1. The molecule has 0 aliphatic rings. The Bertz CT molecular complexity index is 859. The molecule has 0 aliphatic carbocycles. The Kier molecular flexibility index (Phi) is 4.00. The molecule has 0 fully saturated rings. The Morgan fingerprint density at radius 3 is 2.52 bits per heavy atom. The molecule has 118 valence electrons. The molecule has 1 amide bonds. The standard InChI is InChI=1S/C17H18N4OS/c1-10-9-16(23-11(10)2)17(22)19-14-7-5-6-8-15(14)21-13(4)18-12(3)20-21/h5-9H,1-4H3,(H,19,22). The number of carbonyl (C=O) groups is 1. The van der Waals surface area contributed by atoms with Crippen molar-refractivity contribution in [2.75, 3.05) is 5.32 Å². The first kappa shape index (κ1) is 15.4. The van der Waals surface area contributed by atoms with Gasteiger partial charge in [-0.05, 0) is 51.5 Å². The van der Waals surface area contributed by atoms with Crippen LogP contribution in [0.1, 0.15) is 31.8 Å². The van der Waals surface area contributed by atoms with E-state index in [0.29, 0.717) is 16.4 Å². The second-order valence-corrected chi connectivity index (χ2v) is 6.70. The van der Waals surface area contributed by atoms with Gasteiger partial charge in [-0.2, -0.15) is 5.10 Å². The summed E-state index contributed by atoms with van der Waals surface area (Å²) in [7, 11) is 0. The van der Waals surface area contributed by atoms with Gasteiger partial charge in [0.1, 0.15) is 11.6 Å². The molecule has 0 saturated heterocycles. The summed E-state index contributed by atoms with van der Waals surface area (Å²) in [5, 5.41) is 7.38. The smallest absolute Gasteiger partial charge is 0.265 e. The largest absolute Gasteiger partial charge is 0.319 e. The van der Waals surface area contributed by atoms with E-state index in [2.05, 4.69) is 15.4 Å². The minimum absolute atomic E-state index is 0.104. The van der Waals surface area contributed by atoms with Crippen molar-refractivity contribution in [1.82, 2.24) is 14.8 Å². The molecule has 0 saturated carbocycles. The molecular weight excluding hydrogens is 308 g/mol. The van der Waals surface area contributed by atoms with Crippen molar-refractivity contribution in [2.45, 2.75) is 27.7 Å². The molecule has 0 atom stereocenters. The van der Waals surface area contributed by atoms with Crippen molar-refractivity contribution >= 4 is 22.9 Å². The minimum atomic E-state index is -0.104. The molecule has 1 aromatic carbocycles. The number of amides is 1. The molecule has 0 bridgehead atoms. The highest BCUT2D eigenvalue weighted by atomic mass is 32.1. The second-order valence-electron chi connectivity index (χ2n) is 5.44. The van der Waals surface area contributed by atoms with Gasteiger partial charge in [-0.15, -0.1) is 11.3 Å². The Labute approximate surface area is 139 Å². The Hall–Kier alpha value is -2.47. The Morgan fingerprint density at radius 1 is 1.17 bits per heavy atom. The predicted octanol–water partition coefficient (Wildman–Crippen LogP) is 3.81. The third-order valence-electron chi connectivity index (χ3n) is 3.65. The molecule has 0 unspecified atom stereocenters. The average Bonchev–Trinajstić information content (AvgIpc) is 3.02. The van der Waals surface area contributed by atoms with E-state index in [1.807, 2.05) is 58.0 Å². The van der Waals surface area contributed by atoms with Gasteiger partial charge in [0.05, 0.1) is 16.3 Å². The van der Waals surface area contributed by atoms with Crippen molar-refractivity contribution in [3.63, 3.8) is 0 Å². The number of carbonyl (C=O) groups excluding carboxylic acids is 1. The van der Waals surface area contributed by atoms with E-state index in [1.165, 1.54) is 11.3 Å². The molecule has 0 radical (unpaired) electrons. The first-order chi connectivity index (χ1) is 11.0. The number of nitrogens with zero attached hydrogens (tertiary/aromatic N) is 3. The van der Waals surface area contributed by atoms with Gasteiger partial charge < -0.3 is 5.32 Å². The number of nitrogens with one attached hydrogen (secondary N) is 1. The number of aromatic nitrogens is 3. The van der Waals surface area contributed by atoms with Gasteiger partial charge in [-0.1, -0.05) is 12.1 Å². The molecule has 0 aliphatic heterocycles. The summed E-state index contributed by atoms with van der Waals surface area (Å²) in [6.45, 7) is 7.77. The highest BCUT2D eigenvalue weighted by Crippen LogP contribution is 2.24. The van der Waals surface area contributed by atoms with Crippen molar-refractivity contribution in [3.8, 4) is 5.69 Å². The summed E-state index contributed by atoms with van der Waals surface area (Å²) in [6.07, 6.45) is 0. The highest BCUT2D eigenvalue weighted by molar-refractivity contribution is 7.14. The van der Waals surface area contributed by atoms with E-state index >= 15 is 0 Å². The van der Waals surface area contributed by atoms with Crippen LogP contribution >= 0.6 is 11.3 Å². The van der Waals surface area contributed by atoms with Gasteiger partial charge in [-0.3, -0.25) is 4.79 Å². The van der Waals surface area contributed by atoms with Crippen LogP contribution in [0.4, 0.5) is 5.69 Å². The maximum Gasteiger partial charge on any atom is 0.265 e. The van der Waals surface area contributed by atoms with E-state index in [-0.39, 0.29) is 5.91 Å². The summed E-state index contributed by atoms with van der Waals surface area (Å²) in [6, 6.07) is 9.52. The van der Waals surface area contributed by atoms with Gasteiger partial charge in [-0.25, -0.2) is 9.67 Å². The average molecular weight is 326 g/mol. The summed E-state index contributed by atoms with van der Waals surface area (Å²) in [5.41, 5.74) is 2.66. The van der Waals surface area contributed by atoms with Gasteiger partial charge in [0, 0.05) is 4.88 Å². The molecule has 1 N–H and O–H groups in total. The Balaban J connectivity index is 1.95. The fourth-order valence-electron chi connectivity index (χ4n) is 2.38. The lowest BCUT2D eigenvalue weighted by Crippen LogP contribution is -2.13. The lowest BCUT2D eigenvalue weighted by Gasteiger charge is -2.11. The lowest BCUT2D eigenvalue weighted by molar-refractivity contribution is 0.103. The van der Waals surface area contributed by atoms with Crippen LogP contribution in [0.2, 0.25) is 0 Å². The number of hydrogen-bond donors (Lipinski definition) is 1. The first-order valence-electron chi connectivity index (χ1n) is 7.34. The van der Waals surface area contributed by atoms with E-state index in [1.54, 1.807) is 4.68 Å². The maximum atomic E-state index is 12.5. The summed E-state index contributed by atoms with van der Waals surface area (Å²) in [5.74, 6) is 1.38. The third kappa shape index (κ3) is 3.03. The zero-order chi connectivity index (χ0) is 16.6. The number of anilines is 1. The lowest BCUT2D eigenvalue weighted by atomic mass is 10.2. The predicted molar refractivity (Wildman–Crippen MR) is 92.6 cm³/mol. The summed E-state index contributed by atoms with van der Waals surface area (Å²) < 4.78 is 1.75. The van der Waals surface area contributed by atoms with Crippen LogP contribution in [0.15, 0.2) is 30.3 Å².